The first-order chi connectivity index (χ1) is 9.24. The van der Waals surface area contributed by atoms with E-state index in [4.69, 9.17) is 5.11 Å². The molecule has 1 N–H and O–H groups in total. The van der Waals surface area contributed by atoms with E-state index in [1.54, 1.807) is 0 Å². The van der Waals surface area contributed by atoms with E-state index in [-0.39, 0.29) is 5.92 Å². The molecule has 2 aliphatic rings. The molecule has 19 heavy (non-hydrogen) atoms. The van der Waals surface area contributed by atoms with Crippen molar-refractivity contribution in [3.8, 4) is 0 Å². The number of fused-ring (bicyclic) bond motifs is 1. The first-order valence-corrected chi connectivity index (χ1v) is 7.27. The van der Waals surface area contributed by atoms with E-state index in [0.717, 1.165) is 45.2 Å². The summed E-state index contributed by atoms with van der Waals surface area (Å²) < 4.78 is 0. The number of carboxylic acid groups (broad SMARTS) is 1. The lowest BCUT2D eigenvalue weighted by atomic mass is 10.0. The van der Waals surface area contributed by atoms with E-state index >= 15 is 0 Å². The largest absolute Gasteiger partial charge is 0.481 e. The van der Waals surface area contributed by atoms with Crippen molar-refractivity contribution in [1.29, 1.82) is 0 Å². The summed E-state index contributed by atoms with van der Waals surface area (Å²) in [6, 6.07) is 9.21. The average Bonchev–Trinajstić information content (AvgIpc) is 2.67. The van der Waals surface area contributed by atoms with Crippen LogP contribution in [0.4, 0.5) is 0 Å². The Balaban J connectivity index is 1.64. The van der Waals surface area contributed by atoms with Gasteiger partial charge in [0.1, 0.15) is 0 Å². The molecular weight excluding hydrogens is 238 g/mol. The minimum absolute atomic E-state index is 0.116. The first-order valence-electron chi connectivity index (χ1n) is 7.27. The van der Waals surface area contributed by atoms with Gasteiger partial charge in [-0.25, -0.2) is 0 Å². The van der Waals surface area contributed by atoms with Crippen molar-refractivity contribution in [2.75, 3.05) is 0 Å². The van der Waals surface area contributed by atoms with Gasteiger partial charge in [0.2, 0.25) is 0 Å². The molecular formula is C16H21NO2. The smallest absolute Gasteiger partial charge is 0.306 e. The van der Waals surface area contributed by atoms with Gasteiger partial charge in [0.15, 0.2) is 0 Å². The molecule has 2 unspecified atom stereocenters. The first kappa shape index (κ1) is 12.7. The number of carbonyl (C=O) groups is 1. The topological polar surface area (TPSA) is 40.5 Å². The fraction of sp³-hybridized carbons (Fsp3) is 0.562. The molecule has 0 amide bonds. The predicted molar refractivity (Wildman–Crippen MR) is 73.7 cm³/mol. The molecule has 1 aromatic rings. The SMILES string of the molecule is O=C(O)C1CCCC(N2Cc3ccccc3C2)CC1. The van der Waals surface area contributed by atoms with E-state index in [1.807, 2.05) is 0 Å². The Labute approximate surface area is 114 Å². The third kappa shape index (κ3) is 2.66. The van der Waals surface area contributed by atoms with Crippen LogP contribution in [0.2, 0.25) is 0 Å². The second-order valence-corrected chi connectivity index (χ2v) is 5.87. The molecule has 0 aromatic heterocycles. The lowest BCUT2D eigenvalue weighted by Crippen LogP contribution is -2.30. The second-order valence-electron chi connectivity index (χ2n) is 5.87. The third-order valence-corrected chi connectivity index (χ3v) is 4.67. The van der Waals surface area contributed by atoms with Gasteiger partial charge >= 0.3 is 5.97 Å². The maximum absolute atomic E-state index is 11.1. The zero-order chi connectivity index (χ0) is 13.2. The number of aliphatic carboxylic acids is 1. The molecule has 2 atom stereocenters. The summed E-state index contributed by atoms with van der Waals surface area (Å²) in [5, 5.41) is 9.14. The zero-order valence-corrected chi connectivity index (χ0v) is 11.2. The Hall–Kier alpha value is -1.35. The van der Waals surface area contributed by atoms with Crippen molar-refractivity contribution in [2.24, 2.45) is 5.92 Å². The fourth-order valence-electron chi connectivity index (χ4n) is 3.51. The van der Waals surface area contributed by atoms with Crippen LogP contribution >= 0.6 is 0 Å². The number of nitrogens with zero attached hydrogens (tertiary/aromatic N) is 1. The Morgan fingerprint density at radius 3 is 2.37 bits per heavy atom. The summed E-state index contributed by atoms with van der Waals surface area (Å²) in [5.74, 6) is -0.722. The number of benzene rings is 1. The van der Waals surface area contributed by atoms with Crippen LogP contribution in [0.3, 0.4) is 0 Å². The highest BCUT2D eigenvalue weighted by atomic mass is 16.4. The predicted octanol–water partition coefficient (Wildman–Crippen LogP) is 3.04. The van der Waals surface area contributed by atoms with Crippen LogP contribution in [0.5, 0.6) is 0 Å². The highest BCUT2D eigenvalue weighted by Gasteiger charge is 2.29. The fourth-order valence-corrected chi connectivity index (χ4v) is 3.51. The van der Waals surface area contributed by atoms with Crippen LogP contribution in [0.15, 0.2) is 24.3 Å². The number of rotatable bonds is 2. The standard InChI is InChI=1S/C16H21NO2/c18-16(19)12-6-3-7-15(9-8-12)17-10-13-4-1-2-5-14(13)11-17/h1-2,4-5,12,15H,3,6-11H2,(H,18,19). The third-order valence-electron chi connectivity index (χ3n) is 4.67. The van der Waals surface area contributed by atoms with Gasteiger partial charge in [0.25, 0.3) is 0 Å². The average molecular weight is 259 g/mol. The van der Waals surface area contributed by atoms with Crippen molar-refractivity contribution in [2.45, 2.75) is 51.2 Å². The summed E-state index contributed by atoms with van der Waals surface area (Å²) in [6.45, 7) is 2.08. The molecule has 1 fully saturated rings. The normalized spacial score (nSPS) is 27.8. The molecule has 1 heterocycles. The maximum Gasteiger partial charge on any atom is 0.306 e. The molecule has 3 heteroatoms. The van der Waals surface area contributed by atoms with Gasteiger partial charge in [-0.2, -0.15) is 0 Å². The van der Waals surface area contributed by atoms with Gasteiger partial charge in [0.05, 0.1) is 5.92 Å². The molecule has 1 saturated carbocycles. The van der Waals surface area contributed by atoms with Crippen LogP contribution in [-0.2, 0) is 17.9 Å². The van der Waals surface area contributed by atoms with E-state index in [9.17, 15) is 4.79 Å². The number of hydrogen-bond acceptors (Lipinski definition) is 2. The molecule has 0 spiro atoms. The van der Waals surface area contributed by atoms with Crippen molar-refractivity contribution in [1.82, 2.24) is 4.90 Å². The van der Waals surface area contributed by atoms with Gasteiger partial charge in [-0.3, -0.25) is 9.69 Å². The van der Waals surface area contributed by atoms with Gasteiger partial charge in [-0.1, -0.05) is 30.7 Å². The summed E-state index contributed by atoms with van der Waals surface area (Å²) in [6.07, 6.45) is 4.93. The summed E-state index contributed by atoms with van der Waals surface area (Å²) in [4.78, 5) is 13.6. The molecule has 3 rings (SSSR count). The van der Waals surface area contributed by atoms with Gasteiger partial charge in [-0.15, -0.1) is 0 Å². The van der Waals surface area contributed by atoms with Crippen LogP contribution in [0.1, 0.15) is 43.2 Å². The van der Waals surface area contributed by atoms with E-state index < -0.39 is 5.97 Å². The highest BCUT2D eigenvalue weighted by molar-refractivity contribution is 5.69. The minimum Gasteiger partial charge on any atom is -0.481 e. The molecule has 0 bridgehead atoms. The molecule has 3 nitrogen and oxygen atoms in total. The summed E-state index contributed by atoms with van der Waals surface area (Å²) in [5.41, 5.74) is 2.89. The van der Waals surface area contributed by atoms with Gasteiger partial charge < -0.3 is 5.11 Å². The quantitative estimate of drug-likeness (QED) is 0.830. The van der Waals surface area contributed by atoms with E-state index in [2.05, 4.69) is 29.2 Å². The van der Waals surface area contributed by atoms with Crippen molar-refractivity contribution in [3.05, 3.63) is 35.4 Å². The Kier molecular flexibility index (Phi) is 3.56. The van der Waals surface area contributed by atoms with Crippen LogP contribution in [-0.4, -0.2) is 22.0 Å². The number of carboxylic acids is 1. The number of hydrogen-bond donors (Lipinski definition) is 1. The zero-order valence-electron chi connectivity index (χ0n) is 11.2. The molecule has 1 aliphatic heterocycles. The van der Waals surface area contributed by atoms with Crippen molar-refractivity contribution in [3.63, 3.8) is 0 Å². The van der Waals surface area contributed by atoms with Crippen LogP contribution in [0.25, 0.3) is 0 Å². The lowest BCUT2D eigenvalue weighted by molar-refractivity contribution is -0.142. The van der Waals surface area contributed by atoms with Crippen LogP contribution in [0, 0.1) is 5.92 Å². The van der Waals surface area contributed by atoms with E-state index in [1.165, 1.54) is 11.1 Å². The molecule has 1 aromatic carbocycles. The van der Waals surface area contributed by atoms with Crippen molar-refractivity contribution >= 4 is 5.97 Å². The monoisotopic (exact) mass is 259 g/mol. The second kappa shape index (κ2) is 5.33. The molecule has 0 radical (unpaired) electrons. The Morgan fingerprint density at radius 1 is 1.05 bits per heavy atom. The molecule has 0 saturated heterocycles. The summed E-state index contributed by atoms with van der Waals surface area (Å²) >= 11 is 0. The molecule has 102 valence electrons. The van der Waals surface area contributed by atoms with Gasteiger partial charge in [0, 0.05) is 19.1 Å². The van der Waals surface area contributed by atoms with E-state index in [0.29, 0.717) is 6.04 Å². The van der Waals surface area contributed by atoms with Crippen molar-refractivity contribution < 1.29 is 9.90 Å². The summed E-state index contributed by atoms with van der Waals surface area (Å²) in [7, 11) is 0. The van der Waals surface area contributed by atoms with Gasteiger partial charge in [-0.05, 0) is 36.8 Å². The Bertz CT molecular complexity index is 447. The highest BCUT2D eigenvalue weighted by Crippen LogP contribution is 2.31. The van der Waals surface area contributed by atoms with Crippen LogP contribution < -0.4 is 0 Å². The minimum atomic E-state index is -0.606. The molecule has 1 aliphatic carbocycles. The maximum atomic E-state index is 11.1. The lowest BCUT2D eigenvalue weighted by Gasteiger charge is -2.26. The Morgan fingerprint density at radius 2 is 1.74 bits per heavy atom.